The van der Waals surface area contributed by atoms with E-state index >= 15 is 0 Å². The average Bonchev–Trinajstić information content (AvgIpc) is 2.65. The van der Waals surface area contributed by atoms with E-state index in [1.165, 1.54) is 0 Å². The zero-order valence-electron chi connectivity index (χ0n) is 14.6. The van der Waals surface area contributed by atoms with Crippen LogP contribution >= 0.6 is 0 Å². The second-order valence-corrected chi connectivity index (χ2v) is 5.78. The number of rotatable bonds is 6. The highest BCUT2D eigenvalue weighted by Gasteiger charge is 2.16. The minimum atomic E-state index is -0.183. The van der Waals surface area contributed by atoms with Crippen molar-refractivity contribution in [1.82, 2.24) is 0 Å². The largest absolute Gasteiger partial charge is 0.497 e. The van der Waals surface area contributed by atoms with Gasteiger partial charge in [-0.25, -0.2) is 0 Å². The quantitative estimate of drug-likeness (QED) is 0.831. The highest BCUT2D eigenvalue weighted by molar-refractivity contribution is 5.95. The summed E-state index contributed by atoms with van der Waals surface area (Å²) < 4.78 is 15.8. The van der Waals surface area contributed by atoms with E-state index in [1.807, 2.05) is 12.1 Å². The molecule has 136 valence electrons. The first-order valence-corrected chi connectivity index (χ1v) is 8.16. The fourth-order valence-electron chi connectivity index (χ4n) is 2.67. The smallest absolute Gasteiger partial charge is 0.262 e. The first kappa shape index (κ1) is 17.6. The van der Waals surface area contributed by atoms with Crippen molar-refractivity contribution in [2.24, 2.45) is 0 Å². The van der Waals surface area contributed by atoms with Crippen LogP contribution in [0.1, 0.15) is 12.0 Å². The van der Waals surface area contributed by atoms with Crippen molar-refractivity contribution in [3.63, 3.8) is 0 Å². The molecule has 0 atom stereocenters. The molecule has 0 saturated carbocycles. The normalized spacial score (nSPS) is 12.5. The van der Waals surface area contributed by atoms with E-state index in [9.17, 15) is 9.59 Å². The summed E-state index contributed by atoms with van der Waals surface area (Å²) in [6.45, 7) is 0.0249. The Morgan fingerprint density at radius 1 is 1.19 bits per heavy atom. The van der Waals surface area contributed by atoms with Crippen LogP contribution in [-0.4, -0.2) is 32.6 Å². The van der Waals surface area contributed by atoms with Crippen molar-refractivity contribution in [3.05, 3.63) is 42.0 Å². The van der Waals surface area contributed by atoms with Gasteiger partial charge >= 0.3 is 0 Å². The van der Waals surface area contributed by atoms with Crippen LogP contribution in [-0.2, 0) is 16.0 Å². The highest BCUT2D eigenvalue weighted by atomic mass is 16.5. The Morgan fingerprint density at radius 3 is 2.81 bits per heavy atom. The minimum absolute atomic E-state index is 0.0249. The van der Waals surface area contributed by atoms with Gasteiger partial charge in [-0.05, 0) is 36.2 Å². The van der Waals surface area contributed by atoms with Gasteiger partial charge in [-0.2, -0.15) is 0 Å². The van der Waals surface area contributed by atoms with Crippen LogP contribution in [0.2, 0.25) is 0 Å². The predicted molar refractivity (Wildman–Crippen MR) is 97.1 cm³/mol. The highest BCUT2D eigenvalue weighted by Crippen LogP contribution is 2.30. The monoisotopic (exact) mass is 356 g/mol. The topological polar surface area (TPSA) is 85.9 Å². The lowest BCUT2D eigenvalue weighted by atomic mass is 10.1. The summed E-state index contributed by atoms with van der Waals surface area (Å²) in [6.07, 6.45) is 0.815. The molecule has 0 spiro atoms. The van der Waals surface area contributed by atoms with Gasteiger partial charge in [0, 0.05) is 12.5 Å². The van der Waals surface area contributed by atoms with E-state index in [-0.39, 0.29) is 24.8 Å². The zero-order valence-corrected chi connectivity index (χ0v) is 14.6. The number of hydrogen-bond acceptors (Lipinski definition) is 5. The molecule has 7 heteroatoms. The molecule has 2 aromatic carbocycles. The second-order valence-electron chi connectivity index (χ2n) is 5.78. The zero-order chi connectivity index (χ0) is 18.5. The van der Waals surface area contributed by atoms with Crippen molar-refractivity contribution >= 4 is 23.2 Å². The van der Waals surface area contributed by atoms with Gasteiger partial charge in [0.15, 0.2) is 6.61 Å². The van der Waals surface area contributed by atoms with Crippen LogP contribution in [0, 0.1) is 0 Å². The molecule has 0 aromatic heterocycles. The van der Waals surface area contributed by atoms with Crippen LogP contribution in [0.5, 0.6) is 17.2 Å². The summed E-state index contributed by atoms with van der Waals surface area (Å²) in [5.41, 5.74) is 2.12. The van der Waals surface area contributed by atoms with Crippen molar-refractivity contribution in [3.8, 4) is 17.2 Å². The van der Waals surface area contributed by atoms with Crippen molar-refractivity contribution in [2.75, 3.05) is 31.5 Å². The fourth-order valence-corrected chi connectivity index (χ4v) is 2.67. The van der Waals surface area contributed by atoms with E-state index in [0.717, 1.165) is 5.56 Å². The van der Waals surface area contributed by atoms with Crippen molar-refractivity contribution in [1.29, 1.82) is 0 Å². The average molecular weight is 356 g/mol. The number of hydrogen-bond donors (Lipinski definition) is 2. The van der Waals surface area contributed by atoms with Gasteiger partial charge in [0.25, 0.3) is 5.91 Å². The summed E-state index contributed by atoms with van der Waals surface area (Å²) in [5.74, 6) is 1.50. The van der Waals surface area contributed by atoms with Gasteiger partial charge in [-0.1, -0.05) is 6.07 Å². The van der Waals surface area contributed by atoms with E-state index < -0.39 is 0 Å². The fraction of sp³-hybridized carbons (Fsp3) is 0.263. The molecular weight excluding hydrogens is 336 g/mol. The maximum atomic E-state index is 12.3. The molecule has 7 nitrogen and oxygen atoms in total. The number of aryl methyl sites for hydroxylation is 1. The summed E-state index contributed by atoms with van der Waals surface area (Å²) in [5, 5.41) is 5.60. The molecular formula is C19H20N2O5. The van der Waals surface area contributed by atoms with Crippen molar-refractivity contribution < 1.29 is 23.8 Å². The Balaban J connectivity index is 1.63. The second kappa shape index (κ2) is 7.77. The number of fused-ring (bicyclic) bond motifs is 1. The molecule has 2 N–H and O–H groups in total. The predicted octanol–water partition coefficient (Wildman–Crippen LogP) is 2.61. The Bertz CT molecular complexity index is 835. The molecule has 2 amide bonds. The maximum Gasteiger partial charge on any atom is 0.262 e. The molecule has 0 fully saturated rings. The van der Waals surface area contributed by atoms with E-state index in [4.69, 9.17) is 14.2 Å². The van der Waals surface area contributed by atoms with E-state index in [1.54, 1.807) is 38.5 Å². The number of ether oxygens (including phenoxy) is 3. The molecule has 0 radical (unpaired) electrons. The third-order valence-corrected chi connectivity index (χ3v) is 4.00. The van der Waals surface area contributed by atoms with Gasteiger partial charge in [-0.15, -0.1) is 0 Å². The molecule has 1 aliphatic heterocycles. The Hall–Kier alpha value is -3.22. The molecule has 1 heterocycles. The van der Waals surface area contributed by atoms with E-state index in [2.05, 4.69) is 10.6 Å². The lowest BCUT2D eigenvalue weighted by Crippen LogP contribution is -2.25. The number of methoxy groups -OCH3 is 2. The Kier molecular flexibility index (Phi) is 5.26. The molecule has 0 bridgehead atoms. The number of nitrogens with one attached hydrogen (secondary N) is 2. The third kappa shape index (κ3) is 4.05. The lowest BCUT2D eigenvalue weighted by Gasteiger charge is -2.18. The Morgan fingerprint density at radius 2 is 2.04 bits per heavy atom. The first-order valence-electron chi connectivity index (χ1n) is 8.16. The summed E-state index contributed by atoms with van der Waals surface area (Å²) in [6, 6.07) is 10.7. The van der Waals surface area contributed by atoms with Gasteiger partial charge in [0.1, 0.15) is 17.2 Å². The summed E-state index contributed by atoms with van der Waals surface area (Å²) >= 11 is 0. The number of amides is 2. The number of benzene rings is 2. The Labute approximate surface area is 151 Å². The van der Waals surface area contributed by atoms with Crippen LogP contribution in [0.3, 0.4) is 0 Å². The van der Waals surface area contributed by atoms with Gasteiger partial charge in [0.2, 0.25) is 5.91 Å². The number of carbonyl (C=O) groups excluding carboxylic acids is 2. The molecule has 0 saturated heterocycles. The van der Waals surface area contributed by atoms with Gasteiger partial charge in [0.05, 0.1) is 25.6 Å². The molecule has 0 aliphatic carbocycles. The van der Waals surface area contributed by atoms with E-state index in [0.29, 0.717) is 35.0 Å². The summed E-state index contributed by atoms with van der Waals surface area (Å²) in [7, 11) is 3.10. The number of anilines is 2. The van der Waals surface area contributed by atoms with Crippen molar-refractivity contribution in [2.45, 2.75) is 12.8 Å². The van der Waals surface area contributed by atoms with Gasteiger partial charge < -0.3 is 24.8 Å². The standard InChI is InChI=1S/C19H20N2O5/c1-24-13-5-7-16(25-2)15(10-13)20-18(22)8-4-12-3-6-17-14(9-12)21-19(23)11-26-17/h3,5-7,9-10H,4,8,11H2,1-2H3,(H,20,22)(H,21,23). The molecule has 0 unspecified atom stereocenters. The van der Waals surface area contributed by atoms with Crippen LogP contribution in [0.15, 0.2) is 36.4 Å². The SMILES string of the molecule is COc1ccc(OC)c(NC(=O)CCc2ccc3c(c2)NC(=O)CO3)c1. The summed E-state index contributed by atoms with van der Waals surface area (Å²) in [4.78, 5) is 23.7. The first-order chi connectivity index (χ1) is 12.6. The van der Waals surface area contributed by atoms with Gasteiger partial charge in [-0.3, -0.25) is 9.59 Å². The third-order valence-electron chi connectivity index (χ3n) is 4.00. The minimum Gasteiger partial charge on any atom is -0.497 e. The molecule has 2 aromatic rings. The molecule has 1 aliphatic rings. The maximum absolute atomic E-state index is 12.3. The van der Waals surface area contributed by atoms with Crippen LogP contribution in [0.4, 0.5) is 11.4 Å². The van der Waals surface area contributed by atoms with Crippen LogP contribution < -0.4 is 24.8 Å². The molecule has 26 heavy (non-hydrogen) atoms. The van der Waals surface area contributed by atoms with Crippen LogP contribution in [0.25, 0.3) is 0 Å². The number of carbonyl (C=O) groups is 2. The lowest BCUT2D eigenvalue weighted by molar-refractivity contribution is -0.118. The molecule has 3 rings (SSSR count).